The third-order valence-corrected chi connectivity index (χ3v) is 9.47. The number of ether oxygens (including phenoxy) is 1. The number of nitrogens with zero attached hydrogens (tertiary/aromatic N) is 1. The van der Waals surface area contributed by atoms with Crippen LogP contribution in [0.2, 0.25) is 5.02 Å². The number of alkyl halides is 3. The highest BCUT2D eigenvalue weighted by molar-refractivity contribution is 7.93. The van der Waals surface area contributed by atoms with Crippen LogP contribution < -0.4 is 14.9 Å². The van der Waals surface area contributed by atoms with Crippen LogP contribution in [0, 0.1) is 0 Å². The monoisotopic (exact) mass is 657 g/mol. The Morgan fingerprint density at radius 1 is 0.956 bits per heavy atom. The topological polar surface area (TPSA) is 105 Å². The number of amides is 1. The van der Waals surface area contributed by atoms with Crippen LogP contribution in [0.1, 0.15) is 21.5 Å². The van der Waals surface area contributed by atoms with Gasteiger partial charge in [-0.3, -0.25) is 9.10 Å². The molecule has 45 heavy (non-hydrogen) atoms. The van der Waals surface area contributed by atoms with Crippen molar-refractivity contribution in [2.45, 2.75) is 23.5 Å². The molecule has 5 rings (SSSR count). The number of benzene rings is 4. The van der Waals surface area contributed by atoms with Gasteiger partial charge in [-0.15, -0.1) is 0 Å². The molecule has 1 amide bonds. The number of para-hydroxylation sites is 1. The van der Waals surface area contributed by atoms with Crippen molar-refractivity contribution in [2.75, 3.05) is 29.8 Å². The highest BCUT2D eigenvalue weighted by Crippen LogP contribution is 2.39. The van der Waals surface area contributed by atoms with Gasteiger partial charge in [0.05, 0.1) is 28.8 Å². The summed E-state index contributed by atoms with van der Waals surface area (Å²) in [5, 5.41) is 5.99. The fraction of sp³-hybridized carbons (Fsp3) is 0.188. The summed E-state index contributed by atoms with van der Waals surface area (Å²) in [6, 6.07) is 20.6. The molecule has 1 aliphatic rings. The molecule has 0 spiro atoms. The Kier molecular flexibility index (Phi) is 9.08. The van der Waals surface area contributed by atoms with Gasteiger partial charge in [-0.05, 0) is 71.8 Å². The Morgan fingerprint density at radius 2 is 1.64 bits per heavy atom. The van der Waals surface area contributed by atoms with Crippen LogP contribution >= 0.6 is 11.6 Å². The number of rotatable bonds is 9. The van der Waals surface area contributed by atoms with Crippen LogP contribution in [-0.4, -0.2) is 46.5 Å². The first-order valence-corrected chi connectivity index (χ1v) is 15.5. The minimum atomic E-state index is -4.57. The first-order valence-electron chi connectivity index (χ1n) is 13.7. The summed E-state index contributed by atoms with van der Waals surface area (Å²) in [6.07, 6.45) is -4.42. The number of fused-ring (bicyclic) bond motifs is 1. The standard InChI is InChI=1S/C32H27ClF3N3O5S/c1-44-31(41)21-6-11-24(12-7-21)37-16-17-38-30(40)29-18-22-4-2-3-5-28(22)39(29)45(42,43)25-13-8-20(9-14-25)26-19-23(32(34,35)36)10-15-27(26)33/h2-15,19,29,37H,16-18H2,1H3,(H,38,40)/t29-/m0/s1. The summed E-state index contributed by atoms with van der Waals surface area (Å²) < 4.78 is 73.5. The van der Waals surface area contributed by atoms with Gasteiger partial charge >= 0.3 is 12.1 Å². The average Bonchev–Trinajstić information content (AvgIpc) is 3.43. The molecule has 0 aromatic heterocycles. The summed E-state index contributed by atoms with van der Waals surface area (Å²) in [4.78, 5) is 24.8. The Balaban J connectivity index is 1.32. The molecule has 0 saturated heterocycles. The lowest BCUT2D eigenvalue weighted by Gasteiger charge is -2.26. The van der Waals surface area contributed by atoms with Crippen LogP contribution in [0.3, 0.4) is 0 Å². The Hall–Kier alpha value is -4.55. The number of anilines is 2. The van der Waals surface area contributed by atoms with Gasteiger partial charge in [0.2, 0.25) is 5.91 Å². The summed E-state index contributed by atoms with van der Waals surface area (Å²) >= 11 is 6.17. The Labute approximate surface area is 262 Å². The zero-order chi connectivity index (χ0) is 32.4. The maximum absolute atomic E-state index is 14.0. The lowest BCUT2D eigenvalue weighted by molar-refractivity contribution is -0.137. The minimum absolute atomic E-state index is 0.0801. The average molecular weight is 658 g/mol. The highest BCUT2D eigenvalue weighted by atomic mass is 35.5. The van der Waals surface area contributed by atoms with E-state index in [1.807, 2.05) is 0 Å². The van der Waals surface area contributed by atoms with Crippen molar-refractivity contribution < 1.29 is 35.9 Å². The zero-order valence-corrected chi connectivity index (χ0v) is 25.3. The maximum Gasteiger partial charge on any atom is 0.416 e. The molecule has 234 valence electrons. The minimum Gasteiger partial charge on any atom is -0.465 e. The van der Waals surface area contributed by atoms with Crippen LogP contribution in [0.15, 0.2) is 95.9 Å². The number of sulfonamides is 1. The van der Waals surface area contributed by atoms with Crippen LogP contribution in [0.4, 0.5) is 24.5 Å². The zero-order valence-electron chi connectivity index (χ0n) is 23.8. The largest absolute Gasteiger partial charge is 0.465 e. The van der Waals surface area contributed by atoms with Gasteiger partial charge < -0.3 is 15.4 Å². The quantitative estimate of drug-likeness (QED) is 0.165. The highest BCUT2D eigenvalue weighted by Gasteiger charge is 2.42. The van der Waals surface area contributed by atoms with Crippen molar-refractivity contribution in [3.63, 3.8) is 0 Å². The molecule has 13 heteroatoms. The van der Waals surface area contributed by atoms with Crippen LogP contribution in [0.25, 0.3) is 11.1 Å². The van der Waals surface area contributed by atoms with Gasteiger partial charge in [-0.1, -0.05) is 41.9 Å². The normalized spacial score (nSPS) is 14.5. The van der Waals surface area contributed by atoms with Gasteiger partial charge in [0.1, 0.15) is 6.04 Å². The summed E-state index contributed by atoms with van der Waals surface area (Å²) in [6.45, 7) is 0.514. The predicted octanol–water partition coefficient (Wildman–Crippen LogP) is 6.16. The molecule has 0 radical (unpaired) electrons. The van der Waals surface area contributed by atoms with Gasteiger partial charge in [0.25, 0.3) is 10.0 Å². The SMILES string of the molecule is COC(=O)c1ccc(NCCNC(=O)[C@@H]2Cc3ccccc3N2S(=O)(=O)c2ccc(-c3cc(C(F)(F)F)ccc3Cl)cc2)cc1. The Bertz CT molecular complexity index is 1830. The van der Waals surface area contributed by atoms with Crippen molar-refractivity contribution in [2.24, 2.45) is 0 Å². The molecule has 0 fully saturated rings. The molecule has 0 aliphatic carbocycles. The second kappa shape index (κ2) is 12.8. The molecule has 0 saturated carbocycles. The molecule has 4 aromatic carbocycles. The van der Waals surface area contributed by atoms with E-state index in [2.05, 4.69) is 15.4 Å². The molecule has 1 atom stereocenters. The molecule has 1 aliphatic heterocycles. The van der Waals surface area contributed by atoms with Crippen molar-refractivity contribution >= 4 is 44.9 Å². The van der Waals surface area contributed by atoms with E-state index in [0.29, 0.717) is 34.6 Å². The lowest BCUT2D eigenvalue weighted by Crippen LogP contribution is -2.48. The lowest BCUT2D eigenvalue weighted by atomic mass is 10.0. The number of hydrogen-bond acceptors (Lipinski definition) is 6. The number of methoxy groups -OCH3 is 1. The van der Waals surface area contributed by atoms with E-state index in [9.17, 15) is 31.2 Å². The molecule has 0 bridgehead atoms. The smallest absolute Gasteiger partial charge is 0.416 e. The number of carbonyl (C=O) groups excluding carboxylic acids is 2. The molecule has 0 unspecified atom stereocenters. The summed E-state index contributed by atoms with van der Waals surface area (Å²) in [5.74, 6) is -0.952. The van der Waals surface area contributed by atoms with Crippen LogP contribution in [0.5, 0.6) is 0 Å². The van der Waals surface area contributed by atoms with Crippen molar-refractivity contribution in [3.8, 4) is 11.1 Å². The van der Waals surface area contributed by atoms with Crippen molar-refractivity contribution in [1.82, 2.24) is 5.32 Å². The van der Waals surface area contributed by atoms with Gasteiger partial charge in [-0.2, -0.15) is 13.2 Å². The molecular formula is C32H27ClF3N3O5S. The van der Waals surface area contributed by atoms with Crippen molar-refractivity contribution in [1.29, 1.82) is 0 Å². The molecule has 2 N–H and O–H groups in total. The summed E-state index contributed by atoms with van der Waals surface area (Å²) in [5.41, 5.74) is 1.68. The van der Waals surface area contributed by atoms with E-state index in [-0.39, 0.29) is 28.4 Å². The fourth-order valence-electron chi connectivity index (χ4n) is 5.05. The van der Waals surface area contributed by atoms with E-state index < -0.39 is 39.7 Å². The van der Waals surface area contributed by atoms with E-state index in [1.54, 1.807) is 48.5 Å². The maximum atomic E-state index is 14.0. The number of nitrogens with one attached hydrogen (secondary N) is 2. The molecular weight excluding hydrogens is 631 g/mol. The number of esters is 1. The fourth-order valence-corrected chi connectivity index (χ4v) is 6.93. The van der Waals surface area contributed by atoms with E-state index in [1.165, 1.54) is 31.4 Å². The third-order valence-electron chi connectivity index (χ3n) is 7.30. The van der Waals surface area contributed by atoms with Crippen molar-refractivity contribution in [3.05, 3.63) is 113 Å². The molecule has 1 heterocycles. The predicted molar refractivity (Wildman–Crippen MR) is 165 cm³/mol. The van der Waals surface area contributed by atoms with Gasteiger partial charge in [0.15, 0.2) is 0 Å². The second-order valence-corrected chi connectivity index (χ2v) is 12.4. The summed E-state index contributed by atoms with van der Waals surface area (Å²) in [7, 11) is -2.97. The van der Waals surface area contributed by atoms with Gasteiger partial charge in [0, 0.05) is 35.8 Å². The number of carbonyl (C=O) groups is 2. The van der Waals surface area contributed by atoms with E-state index in [0.717, 1.165) is 22.5 Å². The third kappa shape index (κ3) is 6.76. The second-order valence-electron chi connectivity index (χ2n) is 10.2. The molecule has 8 nitrogen and oxygen atoms in total. The van der Waals surface area contributed by atoms with E-state index in [4.69, 9.17) is 11.6 Å². The number of halogens is 4. The Morgan fingerprint density at radius 3 is 2.31 bits per heavy atom. The first kappa shape index (κ1) is 31.9. The molecule has 4 aromatic rings. The van der Waals surface area contributed by atoms with Gasteiger partial charge in [-0.25, -0.2) is 13.2 Å². The van der Waals surface area contributed by atoms with Crippen LogP contribution in [-0.2, 0) is 32.2 Å². The number of hydrogen-bond donors (Lipinski definition) is 2. The van der Waals surface area contributed by atoms with E-state index >= 15 is 0 Å². The first-order chi connectivity index (χ1) is 21.4.